The van der Waals surface area contributed by atoms with Gasteiger partial charge in [0.2, 0.25) is 0 Å². The zero-order valence-corrected chi connectivity index (χ0v) is 22.5. The van der Waals surface area contributed by atoms with Crippen molar-refractivity contribution in [3.05, 3.63) is 36.4 Å². The summed E-state index contributed by atoms with van der Waals surface area (Å²) in [6.07, 6.45) is 4.32. The van der Waals surface area contributed by atoms with Crippen molar-refractivity contribution in [1.29, 1.82) is 0 Å². The summed E-state index contributed by atoms with van der Waals surface area (Å²) in [4.78, 5) is 10.2. The monoisotopic (exact) mass is 656 g/mol. The van der Waals surface area contributed by atoms with Crippen LogP contribution in [0.25, 0.3) is 32.3 Å². The van der Waals surface area contributed by atoms with Crippen LogP contribution in [-0.2, 0) is 35.1 Å². The molecule has 0 amide bonds. The summed E-state index contributed by atoms with van der Waals surface area (Å²) in [5, 5.41) is -0.601. The molecule has 0 saturated carbocycles. The Morgan fingerprint density at radius 1 is 0.634 bits per heavy atom. The van der Waals surface area contributed by atoms with Gasteiger partial charge in [-0.05, 0) is 18.6 Å². The SMILES string of the molecule is CCCCCCCC(=O)Oc1cc(S(=O)(=O)O)c2ccc3c(S(=O)(=O)O)cc(S(=O)(=O)O)c4ccc1c2c43.[NaH].[NaH].[NaH]. The fourth-order valence-electron chi connectivity index (χ4n) is 4.64. The molecule has 41 heavy (non-hydrogen) atoms. The van der Waals surface area contributed by atoms with Gasteiger partial charge in [-0.2, -0.15) is 25.3 Å². The third-order valence-electron chi connectivity index (χ3n) is 6.29. The van der Waals surface area contributed by atoms with Gasteiger partial charge in [0.25, 0.3) is 30.4 Å². The van der Waals surface area contributed by atoms with Crippen LogP contribution in [0.4, 0.5) is 0 Å². The maximum atomic E-state index is 12.6. The summed E-state index contributed by atoms with van der Waals surface area (Å²) in [5.41, 5.74) is 0. The molecular formula is C24H27Na3O11S3. The molecule has 4 aromatic rings. The van der Waals surface area contributed by atoms with Crippen molar-refractivity contribution < 1.29 is 48.4 Å². The second-order valence-corrected chi connectivity index (χ2v) is 13.1. The van der Waals surface area contributed by atoms with Crippen molar-refractivity contribution in [2.75, 3.05) is 0 Å². The third-order valence-corrected chi connectivity index (χ3v) is 8.97. The van der Waals surface area contributed by atoms with Crippen LogP contribution in [0, 0.1) is 0 Å². The second-order valence-electron chi connectivity index (χ2n) is 8.88. The van der Waals surface area contributed by atoms with Gasteiger partial charge in [0.05, 0.1) is 0 Å². The van der Waals surface area contributed by atoms with Gasteiger partial charge in [-0.3, -0.25) is 18.5 Å². The van der Waals surface area contributed by atoms with E-state index < -0.39 is 51.0 Å². The molecule has 0 radical (unpaired) electrons. The number of rotatable bonds is 10. The molecule has 4 rings (SSSR count). The van der Waals surface area contributed by atoms with Crippen LogP contribution in [0.1, 0.15) is 45.4 Å². The Morgan fingerprint density at radius 3 is 1.46 bits per heavy atom. The third kappa shape index (κ3) is 8.44. The van der Waals surface area contributed by atoms with Gasteiger partial charge in [-0.25, -0.2) is 0 Å². The minimum atomic E-state index is -5.02. The Kier molecular flexibility index (Phi) is 14.3. The van der Waals surface area contributed by atoms with Gasteiger partial charge >= 0.3 is 94.6 Å². The first-order valence-electron chi connectivity index (χ1n) is 11.6. The molecule has 0 fully saturated rings. The molecule has 210 valence electrons. The van der Waals surface area contributed by atoms with Crippen LogP contribution >= 0.6 is 0 Å². The molecule has 0 saturated heterocycles. The molecule has 4 aromatic carbocycles. The number of ether oxygens (including phenoxy) is 1. The topological polar surface area (TPSA) is 189 Å². The fraction of sp³-hybridized carbons (Fsp3) is 0.292. The molecule has 0 aliphatic rings. The van der Waals surface area contributed by atoms with E-state index >= 15 is 0 Å². The average molecular weight is 657 g/mol. The van der Waals surface area contributed by atoms with Gasteiger partial charge in [0.15, 0.2) is 0 Å². The molecule has 0 aliphatic carbocycles. The number of carbonyl (C=O) groups excluding carboxylic acids is 1. The molecule has 0 aliphatic heterocycles. The number of unbranched alkanes of at least 4 members (excludes halogenated alkanes) is 4. The minimum absolute atomic E-state index is 0. The quantitative estimate of drug-likeness (QED) is 0.0568. The van der Waals surface area contributed by atoms with E-state index in [4.69, 9.17) is 4.74 Å². The van der Waals surface area contributed by atoms with Gasteiger partial charge in [-0.15, -0.1) is 0 Å². The van der Waals surface area contributed by atoms with Crippen molar-refractivity contribution in [3.8, 4) is 5.75 Å². The van der Waals surface area contributed by atoms with Crippen LogP contribution in [0.3, 0.4) is 0 Å². The van der Waals surface area contributed by atoms with Crippen molar-refractivity contribution in [2.24, 2.45) is 0 Å². The predicted octanol–water partition coefficient (Wildman–Crippen LogP) is 2.64. The first-order chi connectivity index (χ1) is 17.6. The van der Waals surface area contributed by atoms with E-state index in [-0.39, 0.29) is 133 Å². The van der Waals surface area contributed by atoms with Gasteiger partial charge in [0.1, 0.15) is 20.4 Å². The predicted molar refractivity (Wildman–Crippen MR) is 160 cm³/mol. The van der Waals surface area contributed by atoms with Crippen molar-refractivity contribution in [2.45, 2.75) is 60.1 Å². The maximum absolute atomic E-state index is 12.6. The molecule has 3 N–H and O–H groups in total. The molecule has 0 bridgehead atoms. The van der Waals surface area contributed by atoms with E-state index in [0.717, 1.165) is 37.8 Å². The average Bonchev–Trinajstić information content (AvgIpc) is 2.80. The fourth-order valence-corrected chi connectivity index (χ4v) is 6.85. The molecule has 0 unspecified atom stereocenters. The van der Waals surface area contributed by atoms with Gasteiger partial charge in [0, 0.05) is 44.8 Å². The zero-order chi connectivity index (χ0) is 28.0. The normalized spacial score (nSPS) is 12.1. The number of carbonyl (C=O) groups is 1. The van der Waals surface area contributed by atoms with E-state index in [9.17, 15) is 43.7 Å². The molecule has 0 heterocycles. The number of hydrogen-bond donors (Lipinski definition) is 3. The van der Waals surface area contributed by atoms with Crippen LogP contribution in [0.2, 0.25) is 0 Å². The Morgan fingerprint density at radius 2 is 1.02 bits per heavy atom. The van der Waals surface area contributed by atoms with Crippen molar-refractivity contribution in [3.63, 3.8) is 0 Å². The Hall–Kier alpha value is 0.120. The van der Waals surface area contributed by atoms with E-state index in [0.29, 0.717) is 12.5 Å². The van der Waals surface area contributed by atoms with Crippen LogP contribution in [-0.4, -0.2) is 134 Å². The number of esters is 1. The van der Waals surface area contributed by atoms with Crippen LogP contribution < -0.4 is 4.74 Å². The second kappa shape index (κ2) is 14.9. The molecule has 0 spiro atoms. The van der Waals surface area contributed by atoms with E-state index in [1.807, 2.05) is 6.92 Å². The van der Waals surface area contributed by atoms with Crippen molar-refractivity contribution >= 4 is 157 Å². The Bertz CT molecular complexity index is 1860. The standard InChI is InChI=1S/C24H24O11S3.3Na.3H/c1-2-3-4-5-6-7-22(25)35-18-12-19(36(26,27)28)15-10-11-17-21(38(32,33)34)13-20(37(29,30)31)16-9-8-14(18)23(15)24(16)17;;;;;;/h8-13H,2-7H2,1H3,(H,26,27,28)(H,29,30,31)(H,32,33,34);;;;;;. The van der Waals surface area contributed by atoms with Crippen LogP contribution in [0.5, 0.6) is 5.75 Å². The Labute approximate surface area is 304 Å². The van der Waals surface area contributed by atoms with Gasteiger partial charge in [-0.1, -0.05) is 50.8 Å². The summed E-state index contributed by atoms with van der Waals surface area (Å²) >= 11 is 0. The number of hydrogen-bond acceptors (Lipinski definition) is 8. The summed E-state index contributed by atoms with van der Waals surface area (Å²) < 4.78 is 108. The summed E-state index contributed by atoms with van der Waals surface area (Å²) in [6, 6.07) is 6.42. The molecular weight excluding hydrogens is 629 g/mol. The first kappa shape index (κ1) is 39.1. The molecule has 0 atom stereocenters. The number of benzene rings is 4. The van der Waals surface area contributed by atoms with Crippen molar-refractivity contribution in [1.82, 2.24) is 0 Å². The summed E-state index contributed by atoms with van der Waals surface area (Å²) in [5.74, 6) is -0.932. The molecule has 11 nitrogen and oxygen atoms in total. The Balaban J connectivity index is 0.00000280. The van der Waals surface area contributed by atoms with Gasteiger partial charge < -0.3 is 4.74 Å². The van der Waals surface area contributed by atoms with E-state index in [2.05, 4.69) is 0 Å². The van der Waals surface area contributed by atoms with Crippen LogP contribution in [0.15, 0.2) is 51.1 Å². The summed E-state index contributed by atoms with van der Waals surface area (Å²) in [6.45, 7) is 2.05. The zero-order valence-electron chi connectivity index (χ0n) is 20.0. The van der Waals surface area contributed by atoms with E-state index in [1.165, 1.54) is 18.2 Å². The van der Waals surface area contributed by atoms with E-state index in [1.54, 1.807) is 0 Å². The molecule has 0 aromatic heterocycles. The first-order valence-corrected chi connectivity index (χ1v) is 15.9. The summed E-state index contributed by atoms with van der Waals surface area (Å²) in [7, 11) is -15.0. The molecule has 17 heteroatoms.